The number of carbonyl (C=O) groups is 2. The first-order valence-electron chi connectivity index (χ1n) is 13.2. The monoisotopic (exact) mass is 536 g/mol. The van der Waals surface area contributed by atoms with Crippen LogP contribution in [0.25, 0.3) is 11.1 Å². The lowest BCUT2D eigenvalue weighted by Crippen LogP contribution is -2.37. The average molecular weight is 537 g/mol. The SMILES string of the molecule is CCCCOCC(NC(=O)OC(C)(C)C)c1nnc(CNC(=O)OCC2c3ccccc3-c3ccccc32)o1. The molecule has 0 spiro atoms. The van der Waals surface area contributed by atoms with Gasteiger partial charge in [-0.2, -0.15) is 0 Å². The van der Waals surface area contributed by atoms with Crippen molar-refractivity contribution in [3.05, 3.63) is 71.4 Å². The van der Waals surface area contributed by atoms with Crippen molar-refractivity contribution in [2.45, 2.75) is 64.6 Å². The van der Waals surface area contributed by atoms with Crippen LogP contribution in [0.4, 0.5) is 9.59 Å². The maximum atomic E-state index is 12.5. The van der Waals surface area contributed by atoms with E-state index in [0.717, 1.165) is 35.1 Å². The normalized spacial score (nSPS) is 13.3. The van der Waals surface area contributed by atoms with E-state index in [1.54, 1.807) is 20.8 Å². The van der Waals surface area contributed by atoms with Gasteiger partial charge in [-0.25, -0.2) is 9.59 Å². The maximum Gasteiger partial charge on any atom is 0.408 e. The molecule has 39 heavy (non-hydrogen) atoms. The molecule has 1 aromatic heterocycles. The number of ether oxygens (including phenoxy) is 3. The van der Waals surface area contributed by atoms with Crippen LogP contribution in [0.5, 0.6) is 0 Å². The van der Waals surface area contributed by atoms with Crippen molar-refractivity contribution in [1.29, 1.82) is 0 Å². The van der Waals surface area contributed by atoms with E-state index in [4.69, 9.17) is 18.6 Å². The van der Waals surface area contributed by atoms with Gasteiger partial charge in [-0.05, 0) is 49.4 Å². The van der Waals surface area contributed by atoms with Crippen molar-refractivity contribution < 1.29 is 28.2 Å². The number of alkyl carbamates (subject to hydrolysis) is 2. The standard InChI is InChI=1S/C29H36N4O6/c1-5-6-15-36-18-24(31-28(35)39-29(2,3)4)26-33-32-25(38-26)16-30-27(34)37-17-23-21-13-9-7-11-19(21)20-12-8-10-14-22(20)23/h7-14,23-24H,5-6,15-18H2,1-4H3,(H,30,34)(H,31,35). The maximum absolute atomic E-state index is 12.5. The molecule has 1 aliphatic carbocycles. The molecular formula is C29H36N4O6. The molecule has 2 aromatic carbocycles. The van der Waals surface area contributed by atoms with Crippen molar-refractivity contribution in [3.63, 3.8) is 0 Å². The highest BCUT2D eigenvalue weighted by molar-refractivity contribution is 5.79. The number of carbonyl (C=O) groups excluding carboxylic acids is 2. The molecule has 1 heterocycles. The minimum atomic E-state index is -0.701. The van der Waals surface area contributed by atoms with E-state index in [9.17, 15) is 9.59 Å². The van der Waals surface area contributed by atoms with Crippen LogP contribution < -0.4 is 10.6 Å². The van der Waals surface area contributed by atoms with E-state index >= 15 is 0 Å². The molecule has 0 saturated heterocycles. The van der Waals surface area contributed by atoms with Gasteiger partial charge in [0.05, 0.1) is 13.2 Å². The lowest BCUT2D eigenvalue weighted by atomic mass is 9.98. The molecule has 10 heteroatoms. The molecule has 0 fully saturated rings. The quantitative estimate of drug-likeness (QED) is 0.308. The Morgan fingerprint density at radius 3 is 2.31 bits per heavy atom. The van der Waals surface area contributed by atoms with Gasteiger partial charge in [0, 0.05) is 12.5 Å². The summed E-state index contributed by atoms with van der Waals surface area (Å²) in [6, 6.07) is 15.6. The van der Waals surface area contributed by atoms with E-state index < -0.39 is 23.8 Å². The third kappa shape index (κ3) is 7.57. The molecule has 10 nitrogen and oxygen atoms in total. The molecule has 208 valence electrons. The van der Waals surface area contributed by atoms with Gasteiger partial charge in [0.25, 0.3) is 0 Å². The van der Waals surface area contributed by atoms with Crippen LogP contribution in [0, 0.1) is 0 Å². The lowest BCUT2D eigenvalue weighted by molar-refractivity contribution is 0.0417. The van der Waals surface area contributed by atoms with Crippen LogP contribution in [0.3, 0.4) is 0 Å². The first-order valence-corrected chi connectivity index (χ1v) is 13.2. The number of amides is 2. The predicted octanol–water partition coefficient (Wildman–Crippen LogP) is 5.49. The van der Waals surface area contributed by atoms with Crippen LogP contribution in [0.2, 0.25) is 0 Å². The third-order valence-corrected chi connectivity index (χ3v) is 6.13. The Labute approximate surface area is 228 Å². The highest BCUT2D eigenvalue weighted by Crippen LogP contribution is 2.44. The fourth-order valence-electron chi connectivity index (χ4n) is 4.35. The molecule has 0 radical (unpaired) electrons. The number of unbranched alkanes of at least 4 members (excludes halogenated alkanes) is 1. The van der Waals surface area contributed by atoms with Gasteiger partial charge in [-0.15, -0.1) is 10.2 Å². The summed E-state index contributed by atoms with van der Waals surface area (Å²) >= 11 is 0. The number of hydrogen-bond acceptors (Lipinski definition) is 8. The van der Waals surface area contributed by atoms with Crippen LogP contribution in [-0.2, 0) is 20.8 Å². The zero-order valence-electron chi connectivity index (χ0n) is 22.9. The zero-order valence-corrected chi connectivity index (χ0v) is 22.9. The van der Waals surface area contributed by atoms with Gasteiger partial charge in [0.2, 0.25) is 11.8 Å². The number of benzene rings is 2. The summed E-state index contributed by atoms with van der Waals surface area (Å²) in [5, 5.41) is 13.4. The van der Waals surface area contributed by atoms with Crippen LogP contribution in [-0.4, -0.2) is 47.8 Å². The fourth-order valence-corrected chi connectivity index (χ4v) is 4.35. The van der Waals surface area contributed by atoms with Crippen LogP contribution in [0.1, 0.15) is 75.4 Å². The molecule has 4 rings (SSSR count). The summed E-state index contributed by atoms with van der Waals surface area (Å²) in [5.41, 5.74) is 3.93. The van der Waals surface area contributed by atoms with Gasteiger partial charge in [0.15, 0.2) is 0 Å². The Kier molecular flexibility index (Phi) is 9.19. The molecule has 0 saturated carbocycles. The second-order valence-corrected chi connectivity index (χ2v) is 10.3. The van der Waals surface area contributed by atoms with Gasteiger partial charge < -0.3 is 29.3 Å². The Hall–Kier alpha value is -3.92. The number of nitrogens with zero attached hydrogens (tertiary/aromatic N) is 2. The number of aromatic nitrogens is 2. The van der Waals surface area contributed by atoms with Crippen molar-refractivity contribution >= 4 is 12.2 Å². The summed E-state index contributed by atoms with van der Waals surface area (Å²) < 4.78 is 22.3. The average Bonchev–Trinajstić information content (AvgIpc) is 3.50. The minimum absolute atomic E-state index is 0.0283. The Bertz CT molecular complexity index is 1220. The largest absolute Gasteiger partial charge is 0.449 e. The summed E-state index contributed by atoms with van der Waals surface area (Å²) in [5.74, 6) is 0.287. The second-order valence-electron chi connectivity index (χ2n) is 10.3. The van der Waals surface area contributed by atoms with Crippen molar-refractivity contribution in [2.24, 2.45) is 0 Å². The first-order chi connectivity index (χ1) is 18.7. The molecule has 2 N–H and O–H groups in total. The highest BCUT2D eigenvalue weighted by atomic mass is 16.6. The van der Waals surface area contributed by atoms with E-state index in [-0.39, 0.29) is 37.5 Å². The molecule has 1 unspecified atom stereocenters. The van der Waals surface area contributed by atoms with Crippen molar-refractivity contribution in [3.8, 4) is 11.1 Å². The van der Waals surface area contributed by atoms with E-state index in [0.29, 0.717) is 6.61 Å². The smallest absolute Gasteiger partial charge is 0.408 e. The van der Waals surface area contributed by atoms with Crippen LogP contribution in [0.15, 0.2) is 52.9 Å². The third-order valence-electron chi connectivity index (χ3n) is 6.13. The van der Waals surface area contributed by atoms with Gasteiger partial charge in [-0.1, -0.05) is 61.9 Å². The van der Waals surface area contributed by atoms with Gasteiger partial charge in [0.1, 0.15) is 18.2 Å². The van der Waals surface area contributed by atoms with E-state index in [2.05, 4.69) is 52.0 Å². The molecule has 1 atom stereocenters. The van der Waals surface area contributed by atoms with E-state index in [1.807, 2.05) is 24.3 Å². The fraction of sp³-hybridized carbons (Fsp3) is 0.448. The van der Waals surface area contributed by atoms with Gasteiger partial charge >= 0.3 is 12.2 Å². The zero-order chi connectivity index (χ0) is 27.8. The Morgan fingerprint density at radius 2 is 1.67 bits per heavy atom. The lowest BCUT2D eigenvalue weighted by Gasteiger charge is -2.22. The minimum Gasteiger partial charge on any atom is -0.449 e. The number of hydrogen-bond donors (Lipinski definition) is 2. The van der Waals surface area contributed by atoms with E-state index in [1.165, 1.54) is 0 Å². The number of fused-ring (bicyclic) bond motifs is 3. The molecule has 0 bridgehead atoms. The summed E-state index contributed by atoms with van der Waals surface area (Å²) in [7, 11) is 0. The van der Waals surface area contributed by atoms with Crippen molar-refractivity contribution in [2.75, 3.05) is 19.8 Å². The molecule has 1 aliphatic rings. The number of rotatable bonds is 11. The molecule has 3 aromatic rings. The summed E-state index contributed by atoms with van der Waals surface area (Å²) in [6.45, 7) is 8.24. The summed E-state index contributed by atoms with van der Waals surface area (Å²) in [6.07, 6.45) is 0.653. The molecule has 0 aliphatic heterocycles. The summed E-state index contributed by atoms with van der Waals surface area (Å²) in [4.78, 5) is 24.8. The Morgan fingerprint density at radius 1 is 1.00 bits per heavy atom. The topological polar surface area (TPSA) is 125 Å². The van der Waals surface area contributed by atoms with Crippen molar-refractivity contribution in [1.82, 2.24) is 20.8 Å². The number of nitrogens with one attached hydrogen (secondary N) is 2. The predicted molar refractivity (Wildman–Crippen MR) is 144 cm³/mol. The van der Waals surface area contributed by atoms with Crippen LogP contribution >= 0.6 is 0 Å². The Balaban J connectivity index is 1.32. The van der Waals surface area contributed by atoms with Gasteiger partial charge in [-0.3, -0.25) is 0 Å². The molecular weight excluding hydrogens is 500 g/mol. The highest BCUT2D eigenvalue weighted by Gasteiger charge is 2.29. The second kappa shape index (κ2) is 12.8. The molecule has 2 amide bonds. The first kappa shape index (κ1) is 28.1.